The van der Waals surface area contributed by atoms with Crippen LogP contribution < -0.4 is 11.1 Å². The normalized spacial score (nSPS) is 12.9. The molecule has 0 aliphatic heterocycles. The van der Waals surface area contributed by atoms with Crippen molar-refractivity contribution < 1.29 is 8.42 Å². The first kappa shape index (κ1) is 15.2. The molecular weight excluding hydrogens is 290 g/mol. The molecule has 7 nitrogen and oxygen atoms in total. The highest BCUT2D eigenvalue weighted by Gasteiger charge is 2.18. The summed E-state index contributed by atoms with van der Waals surface area (Å²) in [4.78, 5) is 12.2. The largest absolute Gasteiger partial charge is 0.368 e. The van der Waals surface area contributed by atoms with Gasteiger partial charge in [-0.3, -0.25) is 0 Å². The molecule has 1 aromatic carbocycles. The van der Waals surface area contributed by atoms with Gasteiger partial charge < -0.3 is 11.1 Å². The van der Waals surface area contributed by atoms with E-state index in [1.54, 1.807) is 44.2 Å². The second kappa shape index (κ2) is 6.04. The second-order valence-corrected chi connectivity index (χ2v) is 6.74. The lowest BCUT2D eigenvalue weighted by molar-refractivity contribution is 0.592. The molecule has 3 N–H and O–H groups in total. The molecule has 2 rings (SSSR count). The van der Waals surface area contributed by atoms with E-state index in [1.807, 2.05) is 0 Å². The molecule has 0 fully saturated rings. The van der Waals surface area contributed by atoms with E-state index in [4.69, 9.17) is 5.73 Å². The topological polar surface area (TPSA) is 111 Å². The Hall–Kier alpha value is -2.22. The van der Waals surface area contributed by atoms with E-state index in [-0.39, 0.29) is 23.7 Å². The van der Waals surface area contributed by atoms with Gasteiger partial charge in [0.2, 0.25) is 11.9 Å². The minimum absolute atomic E-state index is 0.0678. The molecule has 1 aromatic heterocycles. The van der Waals surface area contributed by atoms with Crippen molar-refractivity contribution >= 4 is 21.7 Å². The van der Waals surface area contributed by atoms with Crippen molar-refractivity contribution in [1.29, 1.82) is 0 Å². The lowest BCUT2D eigenvalue weighted by atomic mass is 10.4. The molecule has 112 valence electrons. The molecule has 0 spiro atoms. The molecule has 8 heteroatoms. The summed E-state index contributed by atoms with van der Waals surface area (Å²) in [7, 11) is -3.36. The van der Waals surface area contributed by atoms with Gasteiger partial charge in [-0.1, -0.05) is 18.2 Å². The van der Waals surface area contributed by atoms with E-state index in [0.29, 0.717) is 10.7 Å². The van der Waals surface area contributed by atoms with E-state index in [2.05, 4.69) is 20.3 Å². The number of aromatic nitrogens is 3. The maximum absolute atomic E-state index is 12.2. The number of benzene rings is 1. The van der Waals surface area contributed by atoms with Crippen LogP contribution in [0.25, 0.3) is 0 Å². The van der Waals surface area contributed by atoms with E-state index in [1.165, 1.54) is 0 Å². The smallest absolute Gasteiger partial charge is 0.227 e. The Morgan fingerprint density at radius 1 is 1.19 bits per heavy atom. The van der Waals surface area contributed by atoms with Crippen LogP contribution in [0.5, 0.6) is 0 Å². The van der Waals surface area contributed by atoms with Crippen LogP contribution >= 0.6 is 0 Å². The van der Waals surface area contributed by atoms with Crippen molar-refractivity contribution in [2.24, 2.45) is 0 Å². The first-order valence-corrected chi connectivity index (χ1v) is 8.04. The number of anilines is 2. The summed E-state index contributed by atoms with van der Waals surface area (Å²) in [5.41, 5.74) is 5.53. The van der Waals surface area contributed by atoms with E-state index >= 15 is 0 Å². The van der Waals surface area contributed by atoms with Crippen LogP contribution in [0.4, 0.5) is 11.9 Å². The van der Waals surface area contributed by atoms with E-state index in [9.17, 15) is 8.42 Å². The van der Waals surface area contributed by atoms with Gasteiger partial charge in [0.1, 0.15) is 5.82 Å². The minimum Gasteiger partial charge on any atom is -0.368 e. The van der Waals surface area contributed by atoms with Crippen molar-refractivity contribution in [1.82, 2.24) is 15.0 Å². The summed E-state index contributed by atoms with van der Waals surface area (Å²) < 4.78 is 24.5. The fourth-order valence-electron chi connectivity index (χ4n) is 1.88. The molecule has 0 amide bonds. The number of nitrogens with two attached hydrogens (primary N) is 1. The number of sulfone groups is 1. The molecule has 0 saturated carbocycles. The SMILES string of the molecule is Cc1nc(N)nc(NC(C)CS(=O)(=O)c2ccccc2)n1. The van der Waals surface area contributed by atoms with Gasteiger partial charge in [0.25, 0.3) is 0 Å². The van der Waals surface area contributed by atoms with Gasteiger partial charge in [-0.25, -0.2) is 8.42 Å². The van der Waals surface area contributed by atoms with Gasteiger partial charge >= 0.3 is 0 Å². The lowest BCUT2D eigenvalue weighted by Gasteiger charge is -2.14. The summed E-state index contributed by atoms with van der Waals surface area (Å²) in [5.74, 6) is 0.781. The third kappa shape index (κ3) is 4.12. The Balaban J connectivity index is 2.09. The Bertz CT molecular complexity index is 698. The highest BCUT2D eigenvalue weighted by molar-refractivity contribution is 7.91. The average molecular weight is 307 g/mol. The standard InChI is InChI=1S/C13H17N5O2S/c1-9(15-13-17-10(2)16-12(14)18-13)8-21(19,20)11-6-4-3-5-7-11/h3-7,9H,8H2,1-2H3,(H3,14,15,16,17,18). The predicted octanol–water partition coefficient (Wildman–Crippen LogP) is 1.04. The van der Waals surface area contributed by atoms with Crippen molar-refractivity contribution in [3.8, 4) is 0 Å². The fraction of sp³-hybridized carbons (Fsp3) is 0.308. The van der Waals surface area contributed by atoms with Crippen LogP contribution in [0, 0.1) is 6.92 Å². The second-order valence-electron chi connectivity index (χ2n) is 4.70. The average Bonchev–Trinajstić information content (AvgIpc) is 2.37. The zero-order valence-electron chi connectivity index (χ0n) is 11.8. The van der Waals surface area contributed by atoms with Crippen LogP contribution in [0.3, 0.4) is 0 Å². The molecule has 0 bridgehead atoms. The van der Waals surface area contributed by atoms with Crippen LogP contribution in [-0.2, 0) is 9.84 Å². The van der Waals surface area contributed by atoms with E-state index in [0.717, 1.165) is 0 Å². The van der Waals surface area contributed by atoms with Crippen LogP contribution in [0.2, 0.25) is 0 Å². The summed E-state index contributed by atoms with van der Waals surface area (Å²) in [6, 6.07) is 7.95. The van der Waals surface area contributed by atoms with Crippen LogP contribution in [-0.4, -0.2) is 35.2 Å². The molecule has 1 atom stereocenters. The molecule has 21 heavy (non-hydrogen) atoms. The summed E-state index contributed by atoms with van der Waals surface area (Å²) in [6.07, 6.45) is 0. The Morgan fingerprint density at radius 3 is 2.48 bits per heavy atom. The molecule has 0 saturated heterocycles. The third-order valence-electron chi connectivity index (χ3n) is 2.71. The Morgan fingerprint density at radius 2 is 1.86 bits per heavy atom. The lowest BCUT2D eigenvalue weighted by Crippen LogP contribution is -2.27. The Kier molecular flexibility index (Phi) is 4.37. The number of rotatable bonds is 5. The number of nitrogen functional groups attached to an aromatic ring is 1. The highest BCUT2D eigenvalue weighted by Crippen LogP contribution is 2.13. The predicted molar refractivity (Wildman–Crippen MR) is 80.6 cm³/mol. The quantitative estimate of drug-likeness (QED) is 0.848. The van der Waals surface area contributed by atoms with Gasteiger partial charge in [0.05, 0.1) is 10.6 Å². The van der Waals surface area contributed by atoms with Gasteiger partial charge in [-0.2, -0.15) is 15.0 Å². The molecule has 2 aromatic rings. The maximum Gasteiger partial charge on any atom is 0.227 e. The zero-order valence-corrected chi connectivity index (χ0v) is 12.6. The van der Waals surface area contributed by atoms with Crippen LogP contribution in [0.15, 0.2) is 35.2 Å². The summed E-state index contributed by atoms with van der Waals surface area (Å²) >= 11 is 0. The number of hydrogen-bond acceptors (Lipinski definition) is 7. The zero-order chi connectivity index (χ0) is 15.5. The minimum atomic E-state index is -3.36. The first-order valence-electron chi connectivity index (χ1n) is 6.39. The molecule has 1 unspecified atom stereocenters. The van der Waals surface area contributed by atoms with Gasteiger partial charge in [0.15, 0.2) is 9.84 Å². The Labute approximate surface area is 123 Å². The molecule has 0 aliphatic rings. The molecule has 0 aliphatic carbocycles. The first-order chi connectivity index (χ1) is 9.87. The van der Waals surface area contributed by atoms with Crippen molar-refractivity contribution in [3.63, 3.8) is 0 Å². The van der Waals surface area contributed by atoms with Gasteiger partial charge in [0, 0.05) is 6.04 Å². The number of nitrogens with one attached hydrogen (secondary N) is 1. The summed E-state index contributed by atoms with van der Waals surface area (Å²) in [5, 5.41) is 2.93. The van der Waals surface area contributed by atoms with Gasteiger partial charge in [-0.15, -0.1) is 0 Å². The number of hydrogen-bond donors (Lipinski definition) is 2. The highest BCUT2D eigenvalue weighted by atomic mass is 32.2. The number of nitrogens with zero attached hydrogens (tertiary/aromatic N) is 3. The fourth-order valence-corrected chi connectivity index (χ4v) is 3.39. The molecule has 0 radical (unpaired) electrons. The third-order valence-corrected chi connectivity index (χ3v) is 4.64. The van der Waals surface area contributed by atoms with Crippen molar-refractivity contribution in [2.75, 3.05) is 16.8 Å². The summed E-state index contributed by atoms with van der Waals surface area (Å²) in [6.45, 7) is 3.43. The molecular formula is C13H17N5O2S. The number of aryl methyl sites for hydroxylation is 1. The van der Waals surface area contributed by atoms with Crippen molar-refractivity contribution in [2.45, 2.75) is 24.8 Å². The maximum atomic E-state index is 12.2. The van der Waals surface area contributed by atoms with Crippen molar-refractivity contribution in [3.05, 3.63) is 36.2 Å². The van der Waals surface area contributed by atoms with Crippen LogP contribution in [0.1, 0.15) is 12.7 Å². The molecule has 1 heterocycles. The van der Waals surface area contributed by atoms with Gasteiger partial charge in [-0.05, 0) is 26.0 Å². The van der Waals surface area contributed by atoms with E-state index < -0.39 is 9.84 Å². The monoisotopic (exact) mass is 307 g/mol.